The summed E-state index contributed by atoms with van der Waals surface area (Å²) in [5.74, 6) is -0.552. The van der Waals surface area contributed by atoms with Crippen LogP contribution in [0.25, 0.3) is 0 Å². The molecule has 0 aliphatic carbocycles. The van der Waals surface area contributed by atoms with Gasteiger partial charge in [0.15, 0.2) is 5.84 Å². The fraction of sp³-hybridized carbons (Fsp3) is 0. The molecule has 1 aliphatic heterocycles. The molecule has 2 rings (SSSR count). The first kappa shape index (κ1) is 9.60. The van der Waals surface area contributed by atoms with E-state index in [9.17, 15) is 4.79 Å². The van der Waals surface area contributed by atoms with Crippen LogP contribution in [0.5, 0.6) is 0 Å². The van der Waals surface area contributed by atoms with Gasteiger partial charge in [0.2, 0.25) is 5.11 Å². The molecule has 1 N–H and O–H groups in total. The predicted molar refractivity (Wildman–Crippen MR) is 57.4 cm³/mol. The van der Waals surface area contributed by atoms with Crippen LogP contribution in [-0.4, -0.2) is 22.0 Å². The summed E-state index contributed by atoms with van der Waals surface area (Å²) in [7, 11) is 0. The summed E-state index contributed by atoms with van der Waals surface area (Å²) in [6, 6.07) is 6.21. The predicted octanol–water partition coefficient (Wildman–Crippen LogP) is 1.88. The maximum absolute atomic E-state index is 10.6. The molecule has 1 aliphatic rings. The van der Waals surface area contributed by atoms with Gasteiger partial charge in [0.25, 0.3) is 0 Å². The second-order valence-electron chi connectivity index (χ2n) is 2.80. The standard InChI is InChI=1S/C9H5N3O2S/c13-8(14)6-3-1-5(2-4-6)7-10-9(15)12-11-7/h1-4H,(H,13,14). The molecule has 0 atom stereocenters. The van der Waals surface area contributed by atoms with Gasteiger partial charge in [-0.25, -0.2) is 4.79 Å². The van der Waals surface area contributed by atoms with Crippen molar-refractivity contribution < 1.29 is 9.90 Å². The molecule has 6 heteroatoms. The van der Waals surface area contributed by atoms with E-state index in [4.69, 9.17) is 17.3 Å². The number of azo groups is 1. The minimum absolute atomic E-state index is 0.187. The highest BCUT2D eigenvalue weighted by Crippen LogP contribution is 2.11. The topological polar surface area (TPSA) is 74.4 Å². The van der Waals surface area contributed by atoms with Gasteiger partial charge in [-0.15, -0.1) is 10.2 Å². The first-order valence-corrected chi connectivity index (χ1v) is 4.46. The van der Waals surface area contributed by atoms with Crippen molar-refractivity contribution in [2.24, 2.45) is 15.2 Å². The van der Waals surface area contributed by atoms with Crippen LogP contribution in [0.3, 0.4) is 0 Å². The Morgan fingerprint density at radius 3 is 2.33 bits per heavy atom. The maximum atomic E-state index is 10.6. The maximum Gasteiger partial charge on any atom is 0.335 e. The second-order valence-corrected chi connectivity index (χ2v) is 3.17. The van der Waals surface area contributed by atoms with Crippen molar-refractivity contribution in [2.45, 2.75) is 0 Å². The molecule has 0 saturated heterocycles. The van der Waals surface area contributed by atoms with Crippen LogP contribution in [0, 0.1) is 0 Å². The number of aromatic carboxylic acids is 1. The Morgan fingerprint density at radius 2 is 1.87 bits per heavy atom. The van der Waals surface area contributed by atoms with E-state index in [-0.39, 0.29) is 10.7 Å². The first-order valence-electron chi connectivity index (χ1n) is 4.05. The monoisotopic (exact) mass is 219 g/mol. The number of carbonyl (C=O) groups is 1. The molecular formula is C9H5N3O2S. The Hall–Kier alpha value is -1.95. The molecule has 0 aromatic heterocycles. The number of rotatable bonds is 2. The zero-order valence-electron chi connectivity index (χ0n) is 7.41. The number of carboxylic acids is 1. The van der Waals surface area contributed by atoms with Crippen molar-refractivity contribution in [1.29, 1.82) is 0 Å². The third-order valence-corrected chi connectivity index (χ3v) is 1.99. The molecule has 1 aromatic carbocycles. The Kier molecular flexibility index (Phi) is 2.34. The van der Waals surface area contributed by atoms with E-state index in [1.54, 1.807) is 12.1 Å². The first-order chi connectivity index (χ1) is 7.16. The van der Waals surface area contributed by atoms with Crippen LogP contribution < -0.4 is 0 Å². The van der Waals surface area contributed by atoms with Gasteiger partial charge in [0.1, 0.15) is 0 Å². The van der Waals surface area contributed by atoms with E-state index in [0.29, 0.717) is 11.4 Å². The van der Waals surface area contributed by atoms with Crippen LogP contribution in [0.2, 0.25) is 0 Å². The summed E-state index contributed by atoms with van der Waals surface area (Å²) in [5.41, 5.74) is 0.917. The van der Waals surface area contributed by atoms with E-state index in [2.05, 4.69) is 15.2 Å². The van der Waals surface area contributed by atoms with Crippen molar-refractivity contribution >= 4 is 29.1 Å². The molecule has 1 heterocycles. The number of carboxylic acid groups (broad SMARTS) is 1. The summed E-state index contributed by atoms with van der Waals surface area (Å²) in [5, 5.41) is 16.2. The highest BCUT2D eigenvalue weighted by Gasteiger charge is 2.10. The fourth-order valence-corrected chi connectivity index (χ4v) is 1.24. The number of nitrogens with zero attached hydrogens (tertiary/aromatic N) is 3. The molecule has 0 saturated carbocycles. The summed E-state index contributed by atoms with van der Waals surface area (Å²) in [4.78, 5) is 14.5. The van der Waals surface area contributed by atoms with Gasteiger partial charge < -0.3 is 5.11 Å². The van der Waals surface area contributed by atoms with E-state index < -0.39 is 5.97 Å². The average molecular weight is 219 g/mol. The van der Waals surface area contributed by atoms with Crippen LogP contribution in [0.1, 0.15) is 15.9 Å². The third kappa shape index (κ3) is 1.94. The molecule has 0 bridgehead atoms. The molecule has 74 valence electrons. The van der Waals surface area contributed by atoms with Crippen LogP contribution in [0.4, 0.5) is 0 Å². The number of benzene rings is 1. The molecule has 0 radical (unpaired) electrons. The number of aliphatic imine (C=N–C) groups is 1. The lowest BCUT2D eigenvalue weighted by atomic mass is 10.1. The van der Waals surface area contributed by atoms with Crippen molar-refractivity contribution in [2.75, 3.05) is 0 Å². The van der Waals surface area contributed by atoms with Crippen molar-refractivity contribution in [1.82, 2.24) is 0 Å². The normalized spacial score (nSPS) is 14.1. The largest absolute Gasteiger partial charge is 0.478 e. The van der Waals surface area contributed by atoms with Gasteiger partial charge in [0, 0.05) is 5.56 Å². The van der Waals surface area contributed by atoms with Crippen molar-refractivity contribution in [3.8, 4) is 0 Å². The van der Waals surface area contributed by atoms with Crippen molar-refractivity contribution in [3.63, 3.8) is 0 Å². The van der Waals surface area contributed by atoms with Gasteiger partial charge in [-0.05, 0) is 24.4 Å². The quantitative estimate of drug-likeness (QED) is 0.771. The number of thiocarbonyl (C=S) groups is 1. The summed E-state index contributed by atoms with van der Waals surface area (Å²) >= 11 is 4.72. The zero-order chi connectivity index (χ0) is 10.8. The van der Waals surface area contributed by atoms with Crippen LogP contribution >= 0.6 is 12.2 Å². The zero-order valence-corrected chi connectivity index (χ0v) is 8.23. The van der Waals surface area contributed by atoms with Gasteiger partial charge in [0.05, 0.1) is 5.56 Å². The van der Waals surface area contributed by atoms with Gasteiger partial charge in [-0.1, -0.05) is 12.1 Å². The Bertz CT molecular complexity index is 491. The lowest BCUT2D eigenvalue weighted by Crippen LogP contribution is -1.98. The highest BCUT2D eigenvalue weighted by atomic mass is 32.1. The second kappa shape index (κ2) is 3.66. The van der Waals surface area contributed by atoms with E-state index in [0.717, 1.165) is 0 Å². The van der Waals surface area contributed by atoms with E-state index >= 15 is 0 Å². The van der Waals surface area contributed by atoms with Gasteiger partial charge >= 0.3 is 5.97 Å². The highest BCUT2D eigenvalue weighted by molar-refractivity contribution is 7.80. The molecule has 1 aromatic rings. The van der Waals surface area contributed by atoms with E-state index in [1.165, 1.54) is 12.1 Å². The summed E-state index contributed by atoms with van der Waals surface area (Å²) in [6.07, 6.45) is 0. The molecule has 0 amide bonds. The lowest BCUT2D eigenvalue weighted by molar-refractivity contribution is 0.0697. The molecule has 0 spiro atoms. The van der Waals surface area contributed by atoms with Crippen LogP contribution in [-0.2, 0) is 0 Å². The molecule has 0 fully saturated rings. The number of amidine groups is 1. The van der Waals surface area contributed by atoms with Gasteiger partial charge in [-0.2, -0.15) is 4.99 Å². The fourth-order valence-electron chi connectivity index (χ4n) is 1.11. The minimum Gasteiger partial charge on any atom is -0.478 e. The number of hydrogen-bond acceptors (Lipinski definition) is 3. The Balaban J connectivity index is 2.32. The van der Waals surface area contributed by atoms with Gasteiger partial charge in [-0.3, -0.25) is 0 Å². The minimum atomic E-state index is -0.966. The SMILES string of the molecule is O=C(O)c1ccc(C2=NC(=S)N=N2)cc1. The van der Waals surface area contributed by atoms with Crippen molar-refractivity contribution in [3.05, 3.63) is 35.4 Å². The summed E-state index contributed by atoms with van der Waals surface area (Å²) in [6.45, 7) is 0. The Morgan fingerprint density at radius 1 is 1.20 bits per heavy atom. The Labute approximate surface area is 90.2 Å². The smallest absolute Gasteiger partial charge is 0.335 e. The van der Waals surface area contributed by atoms with Crippen LogP contribution in [0.15, 0.2) is 39.5 Å². The molecule has 0 unspecified atom stereocenters. The lowest BCUT2D eigenvalue weighted by Gasteiger charge is -1.97. The molecule has 5 nitrogen and oxygen atoms in total. The third-order valence-electron chi connectivity index (χ3n) is 1.82. The average Bonchev–Trinajstić information content (AvgIpc) is 2.65. The number of hydrogen-bond donors (Lipinski definition) is 1. The molecule has 15 heavy (non-hydrogen) atoms. The molecular weight excluding hydrogens is 214 g/mol. The summed E-state index contributed by atoms with van der Waals surface area (Å²) < 4.78 is 0. The van der Waals surface area contributed by atoms with E-state index in [1.807, 2.05) is 0 Å².